The van der Waals surface area contributed by atoms with E-state index >= 15 is 0 Å². The lowest BCUT2D eigenvalue weighted by Gasteiger charge is -2.25. The predicted octanol–water partition coefficient (Wildman–Crippen LogP) is 4.59. The molecule has 1 aromatic carbocycles. The Bertz CT molecular complexity index is 456. The Hall–Kier alpha value is -1.09. The van der Waals surface area contributed by atoms with Crippen LogP contribution < -0.4 is 4.74 Å². The molecule has 0 atom stereocenters. The molecule has 0 heterocycles. The Morgan fingerprint density at radius 2 is 1.79 bits per heavy atom. The zero-order valence-electron chi connectivity index (χ0n) is 11.2. The van der Waals surface area contributed by atoms with Crippen molar-refractivity contribution in [1.82, 2.24) is 0 Å². The third-order valence-electron chi connectivity index (χ3n) is 3.57. The molecule has 1 fully saturated rings. The first kappa shape index (κ1) is 14.3. The highest BCUT2D eigenvalue weighted by atomic mass is 79.9. The van der Waals surface area contributed by atoms with E-state index in [1.165, 1.54) is 31.2 Å². The van der Waals surface area contributed by atoms with Crippen LogP contribution >= 0.6 is 15.9 Å². The van der Waals surface area contributed by atoms with Crippen LogP contribution in [0.2, 0.25) is 0 Å². The maximum atomic E-state index is 11.4. The molecule has 0 radical (unpaired) electrons. The molecule has 0 bridgehead atoms. The molecular formula is C16H19BrO2. The Morgan fingerprint density at radius 1 is 1.21 bits per heavy atom. The van der Waals surface area contributed by atoms with Crippen molar-refractivity contribution < 1.29 is 9.53 Å². The zero-order chi connectivity index (χ0) is 13.8. The van der Waals surface area contributed by atoms with Gasteiger partial charge in [-0.05, 0) is 56.2 Å². The van der Waals surface area contributed by atoms with E-state index in [0.29, 0.717) is 22.1 Å². The van der Waals surface area contributed by atoms with Crippen LogP contribution in [0.25, 0.3) is 0 Å². The number of benzene rings is 1. The quantitative estimate of drug-likeness (QED) is 0.352. The van der Waals surface area contributed by atoms with Crippen LogP contribution in [0, 0.1) is 0 Å². The SMILES string of the molecule is C=C(C)C(=O)Oc1ccc(C2CCC(Br)CC2)cc1. The Morgan fingerprint density at radius 3 is 2.32 bits per heavy atom. The summed E-state index contributed by atoms with van der Waals surface area (Å²) in [4.78, 5) is 12.1. The van der Waals surface area contributed by atoms with Crippen LogP contribution in [0.5, 0.6) is 5.75 Å². The highest BCUT2D eigenvalue weighted by Gasteiger charge is 2.20. The van der Waals surface area contributed by atoms with E-state index in [2.05, 4.69) is 34.6 Å². The minimum Gasteiger partial charge on any atom is -0.423 e. The first-order valence-corrected chi connectivity index (χ1v) is 7.59. The van der Waals surface area contributed by atoms with Gasteiger partial charge in [0.2, 0.25) is 0 Å². The molecule has 0 N–H and O–H groups in total. The minimum atomic E-state index is -0.368. The summed E-state index contributed by atoms with van der Waals surface area (Å²) in [6, 6.07) is 7.88. The van der Waals surface area contributed by atoms with Crippen LogP contribution in [0.1, 0.15) is 44.1 Å². The van der Waals surface area contributed by atoms with Crippen molar-refractivity contribution in [2.75, 3.05) is 0 Å². The first-order chi connectivity index (χ1) is 9.06. The number of carbonyl (C=O) groups excluding carboxylic acids is 1. The molecular weight excluding hydrogens is 304 g/mol. The van der Waals surface area contributed by atoms with E-state index in [1.807, 2.05) is 12.1 Å². The molecule has 3 heteroatoms. The summed E-state index contributed by atoms with van der Waals surface area (Å²) in [5.41, 5.74) is 1.76. The number of hydrogen-bond donors (Lipinski definition) is 0. The van der Waals surface area contributed by atoms with Gasteiger partial charge in [0, 0.05) is 10.4 Å². The second-order valence-corrected chi connectivity index (χ2v) is 6.48. The topological polar surface area (TPSA) is 26.3 Å². The number of ether oxygens (including phenoxy) is 1. The van der Waals surface area contributed by atoms with Gasteiger partial charge in [0.05, 0.1) is 0 Å². The van der Waals surface area contributed by atoms with Gasteiger partial charge in [-0.15, -0.1) is 0 Å². The van der Waals surface area contributed by atoms with E-state index < -0.39 is 0 Å². The summed E-state index contributed by atoms with van der Waals surface area (Å²) in [6.45, 7) is 5.22. The van der Waals surface area contributed by atoms with E-state index in [0.717, 1.165) is 0 Å². The third-order valence-corrected chi connectivity index (χ3v) is 4.48. The molecule has 0 aliphatic heterocycles. The summed E-state index contributed by atoms with van der Waals surface area (Å²) >= 11 is 3.67. The van der Waals surface area contributed by atoms with Crippen molar-refractivity contribution in [3.05, 3.63) is 42.0 Å². The van der Waals surface area contributed by atoms with Crippen LogP contribution in [0.4, 0.5) is 0 Å². The number of hydrogen-bond acceptors (Lipinski definition) is 2. The molecule has 19 heavy (non-hydrogen) atoms. The summed E-state index contributed by atoms with van der Waals surface area (Å²) in [5.74, 6) is 0.859. The Balaban J connectivity index is 1.98. The maximum Gasteiger partial charge on any atom is 0.338 e. The molecule has 102 valence electrons. The maximum absolute atomic E-state index is 11.4. The number of alkyl halides is 1. The highest BCUT2D eigenvalue weighted by Crippen LogP contribution is 2.36. The molecule has 0 unspecified atom stereocenters. The van der Waals surface area contributed by atoms with Crippen LogP contribution in [0.15, 0.2) is 36.4 Å². The molecule has 1 aliphatic rings. The number of esters is 1. The van der Waals surface area contributed by atoms with Gasteiger partial charge in [0.25, 0.3) is 0 Å². The molecule has 1 aromatic rings. The Labute approximate surface area is 123 Å². The van der Waals surface area contributed by atoms with E-state index in [1.54, 1.807) is 6.92 Å². The predicted molar refractivity (Wildman–Crippen MR) is 80.8 cm³/mol. The summed E-state index contributed by atoms with van der Waals surface area (Å²) in [7, 11) is 0. The second-order valence-electron chi connectivity index (χ2n) is 5.19. The molecule has 0 amide bonds. The van der Waals surface area contributed by atoms with Gasteiger partial charge in [-0.2, -0.15) is 0 Å². The van der Waals surface area contributed by atoms with E-state index in [9.17, 15) is 4.79 Å². The fourth-order valence-electron chi connectivity index (χ4n) is 2.39. The van der Waals surface area contributed by atoms with Crippen molar-refractivity contribution in [3.63, 3.8) is 0 Å². The normalized spacial score (nSPS) is 22.8. The zero-order valence-corrected chi connectivity index (χ0v) is 12.8. The van der Waals surface area contributed by atoms with E-state index in [4.69, 9.17) is 4.74 Å². The molecule has 2 rings (SSSR count). The van der Waals surface area contributed by atoms with Crippen LogP contribution in [-0.2, 0) is 4.79 Å². The summed E-state index contributed by atoms with van der Waals surface area (Å²) in [6.07, 6.45) is 4.91. The average Bonchev–Trinajstić information content (AvgIpc) is 2.40. The number of rotatable bonds is 3. The highest BCUT2D eigenvalue weighted by molar-refractivity contribution is 9.09. The largest absolute Gasteiger partial charge is 0.423 e. The molecule has 0 spiro atoms. The van der Waals surface area contributed by atoms with Crippen molar-refractivity contribution in [2.24, 2.45) is 0 Å². The molecule has 0 aromatic heterocycles. The van der Waals surface area contributed by atoms with Gasteiger partial charge >= 0.3 is 5.97 Å². The fraction of sp³-hybridized carbons (Fsp3) is 0.438. The molecule has 0 saturated heterocycles. The lowest BCUT2D eigenvalue weighted by Crippen LogP contribution is -2.12. The molecule has 1 aliphatic carbocycles. The fourth-order valence-corrected chi connectivity index (χ4v) is 2.92. The average molecular weight is 323 g/mol. The van der Waals surface area contributed by atoms with Crippen LogP contribution in [-0.4, -0.2) is 10.8 Å². The summed E-state index contributed by atoms with van der Waals surface area (Å²) in [5, 5.41) is 0. The van der Waals surface area contributed by atoms with Crippen molar-refractivity contribution in [3.8, 4) is 5.75 Å². The first-order valence-electron chi connectivity index (χ1n) is 6.68. The number of carbonyl (C=O) groups is 1. The van der Waals surface area contributed by atoms with Crippen molar-refractivity contribution in [1.29, 1.82) is 0 Å². The lowest BCUT2D eigenvalue weighted by molar-refractivity contribution is -0.130. The van der Waals surface area contributed by atoms with Crippen LogP contribution in [0.3, 0.4) is 0 Å². The summed E-state index contributed by atoms with van der Waals surface area (Å²) < 4.78 is 5.19. The van der Waals surface area contributed by atoms with Crippen molar-refractivity contribution >= 4 is 21.9 Å². The molecule has 1 saturated carbocycles. The smallest absolute Gasteiger partial charge is 0.338 e. The van der Waals surface area contributed by atoms with Gasteiger partial charge in [0.15, 0.2) is 0 Å². The minimum absolute atomic E-state index is 0.368. The monoisotopic (exact) mass is 322 g/mol. The van der Waals surface area contributed by atoms with Gasteiger partial charge in [0.1, 0.15) is 5.75 Å². The Kier molecular flexibility index (Phi) is 4.81. The van der Waals surface area contributed by atoms with Gasteiger partial charge in [-0.1, -0.05) is 34.6 Å². The number of halogens is 1. The molecule has 2 nitrogen and oxygen atoms in total. The second kappa shape index (κ2) is 6.38. The van der Waals surface area contributed by atoms with E-state index in [-0.39, 0.29) is 5.97 Å². The third kappa shape index (κ3) is 3.93. The van der Waals surface area contributed by atoms with Gasteiger partial charge in [-0.3, -0.25) is 0 Å². The lowest BCUT2D eigenvalue weighted by atomic mass is 9.84. The van der Waals surface area contributed by atoms with Crippen molar-refractivity contribution in [2.45, 2.75) is 43.4 Å². The standard InChI is InChI=1S/C16H19BrO2/c1-11(2)16(18)19-15-9-5-13(6-10-15)12-3-7-14(17)8-4-12/h5-6,9-10,12,14H,1,3-4,7-8H2,2H3. The van der Waals surface area contributed by atoms with Gasteiger partial charge in [-0.25, -0.2) is 4.79 Å². The van der Waals surface area contributed by atoms with Gasteiger partial charge < -0.3 is 4.74 Å².